The van der Waals surface area contributed by atoms with Gasteiger partial charge in [0, 0.05) is 3.57 Å². The van der Waals surface area contributed by atoms with Gasteiger partial charge in [-0.2, -0.15) is 0 Å². The smallest absolute Gasteiger partial charge is 0.0793 e. The van der Waals surface area contributed by atoms with E-state index in [1.807, 2.05) is 18.2 Å². The van der Waals surface area contributed by atoms with Gasteiger partial charge in [0.1, 0.15) is 0 Å². The summed E-state index contributed by atoms with van der Waals surface area (Å²) in [7, 11) is 0. The second-order valence-corrected chi connectivity index (χ2v) is 6.14. The number of aliphatic hydroxyl groups is 1. The van der Waals surface area contributed by atoms with Gasteiger partial charge < -0.3 is 5.11 Å². The van der Waals surface area contributed by atoms with Crippen LogP contribution in [0.3, 0.4) is 0 Å². The van der Waals surface area contributed by atoms with Crippen LogP contribution in [0.5, 0.6) is 0 Å². The fraction of sp³-hybridized carbons (Fsp3) is 0.538. The predicted octanol–water partition coefficient (Wildman–Crippen LogP) is 4.56. The molecule has 1 nitrogen and oxygen atoms in total. The molecule has 3 heteroatoms. The number of halogens is 2. The van der Waals surface area contributed by atoms with E-state index in [2.05, 4.69) is 22.6 Å². The van der Waals surface area contributed by atoms with Crippen molar-refractivity contribution in [3.05, 3.63) is 32.4 Å². The Bertz CT molecular complexity index is 361. The molecule has 2 rings (SSSR count). The van der Waals surface area contributed by atoms with E-state index in [0.717, 1.165) is 20.6 Å². The molecule has 0 aliphatic heterocycles. The molecule has 1 aromatic rings. The quantitative estimate of drug-likeness (QED) is 0.792. The molecular formula is C13H16ClIO. The largest absolute Gasteiger partial charge is 0.388 e. The van der Waals surface area contributed by atoms with E-state index in [1.54, 1.807) is 0 Å². The monoisotopic (exact) mass is 350 g/mol. The van der Waals surface area contributed by atoms with Gasteiger partial charge in [0.05, 0.1) is 11.1 Å². The summed E-state index contributed by atoms with van der Waals surface area (Å²) in [4.78, 5) is 0. The minimum atomic E-state index is -0.349. The van der Waals surface area contributed by atoms with Gasteiger partial charge in [-0.25, -0.2) is 0 Å². The zero-order chi connectivity index (χ0) is 11.5. The number of benzene rings is 1. The third-order valence-corrected chi connectivity index (χ3v) is 4.93. The highest BCUT2D eigenvalue weighted by Gasteiger charge is 2.20. The third-order valence-electron chi connectivity index (χ3n) is 3.36. The summed E-state index contributed by atoms with van der Waals surface area (Å²) in [5, 5.41) is 10.9. The fourth-order valence-corrected chi connectivity index (χ4v) is 2.94. The highest BCUT2D eigenvalue weighted by atomic mass is 127. The maximum atomic E-state index is 10.1. The average molecular weight is 351 g/mol. The molecular weight excluding hydrogens is 334 g/mol. The zero-order valence-corrected chi connectivity index (χ0v) is 12.0. The molecule has 0 radical (unpaired) electrons. The van der Waals surface area contributed by atoms with Crippen molar-refractivity contribution in [2.75, 3.05) is 0 Å². The summed E-state index contributed by atoms with van der Waals surface area (Å²) in [6.45, 7) is 0. The first-order valence-corrected chi connectivity index (χ1v) is 7.25. The Morgan fingerprint density at radius 2 is 2.06 bits per heavy atom. The van der Waals surface area contributed by atoms with Crippen LogP contribution in [0, 0.1) is 9.49 Å². The van der Waals surface area contributed by atoms with Crippen LogP contribution < -0.4 is 0 Å². The van der Waals surface area contributed by atoms with Crippen molar-refractivity contribution in [2.45, 2.75) is 38.2 Å². The minimum Gasteiger partial charge on any atom is -0.388 e. The maximum Gasteiger partial charge on any atom is 0.0793 e. The number of rotatable bonds is 3. The first-order chi connectivity index (χ1) is 7.66. The van der Waals surface area contributed by atoms with E-state index < -0.39 is 0 Å². The van der Waals surface area contributed by atoms with Gasteiger partial charge in [0.15, 0.2) is 0 Å². The molecule has 1 unspecified atom stereocenters. The minimum absolute atomic E-state index is 0.349. The summed E-state index contributed by atoms with van der Waals surface area (Å²) >= 11 is 8.26. The standard InChI is InChI=1S/C13H16ClIO/c14-11-8-10(5-6-12(11)15)13(16)7-9-3-1-2-4-9/h5-6,8-9,13,16H,1-4,7H2. The van der Waals surface area contributed by atoms with E-state index in [4.69, 9.17) is 11.6 Å². The molecule has 1 N–H and O–H groups in total. The Hall–Kier alpha value is 0.200. The van der Waals surface area contributed by atoms with Crippen LogP contribution in [0.15, 0.2) is 18.2 Å². The van der Waals surface area contributed by atoms with Crippen molar-refractivity contribution in [3.8, 4) is 0 Å². The van der Waals surface area contributed by atoms with Gasteiger partial charge >= 0.3 is 0 Å². The summed E-state index contributed by atoms with van der Waals surface area (Å²) in [5.41, 5.74) is 0.956. The maximum absolute atomic E-state index is 10.1. The molecule has 0 spiro atoms. The molecule has 0 heterocycles. The molecule has 0 saturated heterocycles. The lowest BCUT2D eigenvalue weighted by molar-refractivity contribution is 0.145. The van der Waals surface area contributed by atoms with Crippen LogP contribution in [0.2, 0.25) is 5.02 Å². The van der Waals surface area contributed by atoms with Gasteiger partial charge in [-0.05, 0) is 52.6 Å². The van der Waals surface area contributed by atoms with E-state index in [1.165, 1.54) is 25.7 Å². The van der Waals surface area contributed by atoms with Crippen molar-refractivity contribution in [3.63, 3.8) is 0 Å². The lowest BCUT2D eigenvalue weighted by atomic mass is 9.96. The van der Waals surface area contributed by atoms with Gasteiger partial charge in [-0.3, -0.25) is 0 Å². The van der Waals surface area contributed by atoms with Gasteiger partial charge in [-0.1, -0.05) is 43.4 Å². The van der Waals surface area contributed by atoms with E-state index in [9.17, 15) is 5.11 Å². The predicted molar refractivity (Wildman–Crippen MR) is 75.7 cm³/mol. The van der Waals surface area contributed by atoms with Crippen LogP contribution in [0.4, 0.5) is 0 Å². The molecule has 1 aliphatic carbocycles. The summed E-state index contributed by atoms with van der Waals surface area (Å²) in [5.74, 6) is 0.702. The molecule has 1 atom stereocenters. The molecule has 0 amide bonds. The van der Waals surface area contributed by atoms with Crippen molar-refractivity contribution >= 4 is 34.2 Å². The van der Waals surface area contributed by atoms with Crippen molar-refractivity contribution in [1.29, 1.82) is 0 Å². The normalized spacial score (nSPS) is 18.9. The second-order valence-electron chi connectivity index (χ2n) is 4.58. The van der Waals surface area contributed by atoms with Crippen LogP contribution in [0.25, 0.3) is 0 Å². The highest BCUT2D eigenvalue weighted by Crippen LogP contribution is 2.33. The first kappa shape index (κ1) is 12.7. The van der Waals surface area contributed by atoms with Crippen LogP contribution in [-0.2, 0) is 0 Å². The topological polar surface area (TPSA) is 20.2 Å². The lowest BCUT2D eigenvalue weighted by Gasteiger charge is -2.16. The van der Waals surface area contributed by atoms with E-state index in [-0.39, 0.29) is 6.10 Å². The molecule has 1 aromatic carbocycles. The van der Waals surface area contributed by atoms with Gasteiger partial charge in [-0.15, -0.1) is 0 Å². The Kier molecular flexibility index (Phi) is 4.50. The first-order valence-electron chi connectivity index (χ1n) is 5.80. The SMILES string of the molecule is OC(CC1CCCC1)c1ccc(I)c(Cl)c1. The molecule has 1 aliphatic rings. The Morgan fingerprint density at radius 3 is 2.69 bits per heavy atom. The van der Waals surface area contributed by atoms with Crippen LogP contribution in [-0.4, -0.2) is 5.11 Å². The van der Waals surface area contributed by atoms with Crippen molar-refractivity contribution in [2.24, 2.45) is 5.92 Å². The van der Waals surface area contributed by atoms with Crippen molar-refractivity contribution in [1.82, 2.24) is 0 Å². The van der Waals surface area contributed by atoms with Gasteiger partial charge in [0.25, 0.3) is 0 Å². The molecule has 0 aromatic heterocycles. The third kappa shape index (κ3) is 3.11. The molecule has 0 bridgehead atoms. The number of aliphatic hydroxyl groups excluding tert-OH is 1. The van der Waals surface area contributed by atoms with Crippen LogP contribution >= 0.6 is 34.2 Å². The Labute approximate surface area is 115 Å². The number of hydrogen-bond donors (Lipinski definition) is 1. The van der Waals surface area contributed by atoms with E-state index in [0.29, 0.717) is 5.92 Å². The second kappa shape index (κ2) is 5.69. The average Bonchev–Trinajstić information content (AvgIpc) is 2.74. The summed E-state index contributed by atoms with van der Waals surface area (Å²) in [6.07, 6.45) is 5.73. The van der Waals surface area contributed by atoms with Crippen molar-refractivity contribution < 1.29 is 5.11 Å². The summed E-state index contributed by atoms with van der Waals surface area (Å²) < 4.78 is 1.04. The molecule has 1 saturated carbocycles. The molecule has 88 valence electrons. The molecule has 16 heavy (non-hydrogen) atoms. The zero-order valence-electron chi connectivity index (χ0n) is 9.13. The van der Waals surface area contributed by atoms with Crippen LogP contribution in [0.1, 0.15) is 43.8 Å². The molecule has 1 fully saturated rings. The summed E-state index contributed by atoms with van der Waals surface area (Å²) in [6, 6.07) is 5.84. The Balaban J connectivity index is 2.02. The Morgan fingerprint density at radius 1 is 1.38 bits per heavy atom. The van der Waals surface area contributed by atoms with E-state index >= 15 is 0 Å². The lowest BCUT2D eigenvalue weighted by Crippen LogP contribution is -2.04. The highest BCUT2D eigenvalue weighted by molar-refractivity contribution is 14.1. The fourth-order valence-electron chi connectivity index (χ4n) is 2.42. The van der Waals surface area contributed by atoms with Gasteiger partial charge in [0.2, 0.25) is 0 Å². The number of hydrogen-bond acceptors (Lipinski definition) is 1.